The van der Waals surface area contributed by atoms with Crippen molar-refractivity contribution in [1.29, 1.82) is 0 Å². The first kappa shape index (κ1) is 21.2. The minimum absolute atomic E-state index is 0.116. The predicted molar refractivity (Wildman–Crippen MR) is 107 cm³/mol. The molecule has 150 valence electrons. The smallest absolute Gasteiger partial charge is 0.312 e. The number of nitrogens with one attached hydrogen (secondary N) is 2. The molecule has 0 aliphatic rings. The number of urea groups is 1. The molecule has 6 nitrogen and oxygen atoms in total. The maximum atomic E-state index is 14.1. The van der Waals surface area contributed by atoms with Crippen LogP contribution in [0.3, 0.4) is 0 Å². The number of methoxy groups -OCH3 is 1. The molecule has 2 aromatic carbocycles. The van der Waals surface area contributed by atoms with Crippen molar-refractivity contribution in [2.24, 2.45) is 5.73 Å². The van der Waals surface area contributed by atoms with Gasteiger partial charge in [-0.25, -0.2) is 9.18 Å². The van der Waals surface area contributed by atoms with Crippen LogP contribution in [0.25, 0.3) is 0 Å². The number of primary amides is 1. The average molecular weight is 387 g/mol. The van der Waals surface area contributed by atoms with E-state index in [2.05, 4.69) is 31.4 Å². The Bertz CT molecular complexity index is 862. The summed E-state index contributed by atoms with van der Waals surface area (Å²) in [4.78, 5) is 24.0. The third-order valence-corrected chi connectivity index (χ3v) is 4.33. The van der Waals surface area contributed by atoms with Gasteiger partial charge in [-0.05, 0) is 29.2 Å². The molecule has 0 bridgehead atoms. The van der Waals surface area contributed by atoms with E-state index in [1.165, 1.54) is 25.3 Å². The second-order valence-corrected chi connectivity index (χ2v) is 7.50. The summed E-state index contributed by atoms with van der Waals surface area (Å²) >= 11 is 0. The number of halogens is 1. The van der Waals surface area contributed by atoms with E-state index in [1.807, 2.05) is 12.1 Å². The Labute approximate surface area is 164 Å². The molecule has 0 saturated carbocycles. The number of rotatable bonds is 6. The first-order valence-electron chi connectivity index (χ1n) is 8.90. The van der Waals surface area contributed by atoms with Crippen molar-refractivity contribution >= 4 is 17.6 Å². The van der Waals surface area contributed by atoms with Crippen molar-refractivity contribution in [3.63, 3.8) is 0 Å². The Morgan fingerprint density at radius 1 is 1.18 bits per heavy atom. The Kier molecular flexibility index (Phi) is 6.62. The number of nitrogens with two attached hydrogens (primary N) is 1. The number of ether oxygens (including phenoxy) is 1. The molecule has 1 atom stereocenters. The van der Waals surface area contributed by atoms with Gasteiger partial charge in [-0.15, -0.1) is 0 Å². The van der Waals surface area contributed by atoms with E-state index in [-0.39, 0.29) is 17.4 Å². The van der Waals surface area contributed by atoms with Crippen molar-refractivity contribution in [3.8, 4) is 5.75 Å². The lowest BCUT2D eigenvalue weighted by atomic mass is 9.87. The number of anilines is 1. The van der Waals surface area contributed by atoms with E-state index in [0.717, 1.165) is 5.56 Å². The van der Waals surface area contributed by atoms with Crippen LogP contribution in [-0.4, -0.2) is 19.0 Å². The molecule has 0 aliphatic heterocycles. The van der Waals surface area contributed by atoms with Gasteiger partial charge in [-0.1, -0.05) is 45.0 Å². The van der Waals surface area contributed by atoms with Crippen LogP contribution in [-0.2, 0) is 10.2 Å². The van der Waals surface area contributed by atoms with Gasteiger partial charge >= 0.3 is 6.03 Å². The minimum Gasteiger partial charge on any atom is -0.495 e. The summed E-state index contributed by atoms with van der Waals surface area (Å²) in [5.41, 5.74) is 6.79. The number of benzene rings is 2. The summed E-state index contributed by atoms with van der Waals surface area (Å²) in [6, 6.07) is 9.76. The highest BCUT2D eigenvalue weighted by atomic mass is 19.1. The zero-order valence-corrected chi connectivity index (χ0v) is 16.5. The Morgan fingerprint density at radius 3 is 2.43 bits per heavy atom. The summed E-state index contributed by atoms with van der Waals surface area (Å²) in [6.45, 7) is 6.18. The molecule has 0 spiro atoms. The molecule has 3 amide bonds. The number of hydrogen-bond donors (Lipinski definition) is 3. The van der Waals surface area contributed by atoms with Gasteiger partial charge in [0.15, 0.2) is 0 Å². The van der Waals surface area contributed by atoms with Gasteiger partial charge in [0.05, 0.1) is 25.3 Å². The molecular weight excluding hydrogens is 361 g/mol. The lowest BCUT2D eigenvalue weighted by Gasteiger charge is -2.22. The van der Waals surface area contributed by atoms with E-state index in [9.17, 15) is 14.0 Å². The van der Waals surface area contributed by atoms with Gasteiger partial charge in [-0.2, -0.15) is 0 Å². The molecule has 0 aliphatic carbocycles. The molecular formula is C21H26FN3O3. The highest BCUT2D eigenvalue weighted by Crippen LogP contribution is 2.32. The van der Waals surface area contributed by atoms with E-state index >= 15 is 0 Å². The standard InChI is InChI=1S/C21H26FN3O3/c1-21(2,3)13-9-10-18(28-4)17(11-13)24-19(26)12-16(25-20(23)27)14-7-5-6-8-15(14)22/h5-11,16H,12H2,1-4H3,(H,24,26)(H3,23,25,27)/t16-/m0/s1. The third-order valence-electron chi connectivity index (χ3n) is 4.33. The molecule has 28 heavy (non-hydrogen) atoms. The Balaban J connectivity index is 2.25. The van der Waals surface area contributed by atoms with Crippen LogP contribution in [0.5, 0.6) is 5.75 Å². The maximum absolute atomic E-state index is 14.1. The highest BCUT2D eigenvalue weighted by Gasteiger charge is 2.22. The van der Waals surface area contributed by atoms with Crippen molar-refractivity contribution in [3.05, 3.63) is 59.4 Å². The Hall–Kier alpha value is -3.09. The average Bonchev–Trinajstić information content (AvgIpc) is 2.60. The van der Waals surface area contributed by atoms with Crippen LogP contribution < -0.4 is 21.1 Å². The number of carbonyl (C=O) groups excluding carboxylic acids is 2. The van der Waals surface area contributed by atoms with E-state index in [0.29, 0.717) is 11.4 Å². The first-order valence-corrected chi connectivity index (χ1v) is 8.90. The number of carbonyl (C=O) groups is 2. The zero-order chi connectivity index (χ0) is 20.9. The lowest BCUT2D eigenvalue weighted by molar-refractivity contribution is -0.116. The van der Waals surface area contributed by atoms with Gasteiger partial charge in [0.25, 0.3) is 0 Å². The second-order valence-electron chi connectivity index (χ2n) is 7.50. The summed E-state index contributed by atoms with van der Waals surface area (Å²) in [5, 5.41) is 5.21. The molecule has 2 rings (SSSR count). The van der Waals surface area contributed by atoms with Gasteiger partial charge < -0.3 is 21.1 Å². The van der Waals surface area contributed by atoms with Crippen molar-refractivity contribution in [2.75, 3.05) is 12.4 Å². The number of hydrogen-bond acceptors (Lipinski definition) is 3. The topological polar surface area (TPSA) is 93.4 Å². The predicted octanol–water partition coefficient (Wildman–Crippen LogP) is 3.87. The maximum Gasteiger partial charge on any atom is 0.312 e. The van der Waals surface area contributed by atoms with Crippen LogP contribution in [0.1, 0.15) is 44.4 Å². The minimum atomic E-state index is -0.893. The second kappa shape index (κ2) is 8.73. The quantitative estimate of drug-likeness (QED) is 0.702. The van der Waals surface area contributed by atoms with Crippen molar-refractivity contribution in [2.45, 2.75) is 38.6 Å². The molecule has 0 saturated heterocycles. The molecule has 2 aromatic rings. The first-order chi connectivity index (χ1) is 13.1. The normalized spacial score (nSPS) is 12.2. The van der Waals surface area contributed by atoms with Crippen molar-refractivity contribution < 1.29 is 18.7 Å². The highest BCUT2D eigenvalue weighted by molar-refractivity contribution is 5.93. The van der Waals surface area contributed by atoms with E-state index in [1.54, 1.807) is 12.1 Å². The fourth-order valence-corrected chi connectivity index (χ4v) is 2.83. The summed E-state index contributed by atoms with van der Waals surface area (Å²) in [5.74, 6) is -0.431. The number of amides is 3. The molecule has 0 fully saturated rings. The fraction of sp³-hybridized carbons (Fsp3) is 0.333. The van der Waals surface area contributed by atoms with E-state index in [4.69, 9.17) is 10.5 Å². The van der Waals surface area contributed by atoms with Crippen LogP contribution in [0.4, 0.5) is 14.9 Å². The van der Waals surface area contributed by atoms with Crippen molar-refractivity contribution in [1.82, 2.24) is 5.32 Å². The van der Waals surface area contributed by atoms with Gasteiger partial charge in [0, 0.05) is 5.56 Å². The van der Waals surface area contributed by atoms with Crippen LogP contribution >= 0.6 is 0 Å². The van der Waals surface area contributed by atoms with Gasteiger partial charge in [-0.3, -0.25) is 4.79 Å². The SMILES string of the molecule is COc1ccc(C(C)(C)C)cc1NC(=O)C[C@H](NC(N)=O)c1ccccc1F. The van der Waals surface area contributed by atoms with E-state index < -0.39 is 23.8 Å². The molecule has 0 radical (unpaired) electrons. The molecule has 0 unspecified atom stereocenters. The van der Waals surface area contributed by atoms with Gasteiger partial charge in [0.2, 0.25) is 5.91 Å². The zero-order valence-electron chi connectivity index (χ0n) is 16.5. The van der Waals surface area contributed by atoms with Crippen LogP contribution in [0, 0.1) is 5.82 Å². The molecule has 4 N–H and O–H groups in total. The lowest BCUT2D eigenvalue weighted by Crippen LogP contribution is -2.35. The molecule has 0 heterocycles. The third kappa shape index (κ3) is 5.45. The molecule has 7 heteroatoms. The largest absolute Gasteiger partial charge is 0.495 e. The van der Waals surface area contributed by atoms with Gasteiger partial charge in [0.1, 0.15) is 11.6 Å². The van der Waals surface area contributed by atoms with Crippen LogP contribution in [0.2, 0.25) is 0 Å². The molecule has 0 aromatic heterocycles. The fourth-order valence-electron chi connectivity index (χ4n) is 2.83. The monoisotopic (exact) mass is 387 g/mol. The summed E-state index contributed by atoms with van der Waals surface area (Å²) in [6.07, 6.45) is -0.188. The Morgan fingerprint density at radius 2 is 1.86 bits per heavy atom. The summed E-state index contributed by atoms with van der Waals surface area (Å²) < 4.78 is 19.4. The van der Waals surface area contributed by atoms with Crippen LogP contribution in [0.15, 0.2) is 42.5 Å². The summed E-state index contributed by atoms with van der Waals surface area (Å²) in [7, 11) is 1.51.